The van der Waals surface area contributed by atoms with Crippen molar-refractivity contribution in [3.8, 4) is 0 Å². The first-order valence-electron chi connectivity index (χ1n) is 0.534. The first-order chi connectivity index (χ1) is 1.73. The fourth-order valence-corrected chi connectivity index (χ4v) is 0. The zero-order chi connectivity index (χ0) is 3.58. The Morgan fingerprint density at radius 1 is 1.50 bits per heavy atom. The number of hydrogen-bond acceptors (Lipinski definition) is 2. The molecule has 0 aromatic carbocycles. The molecule has 0 aromatic heterocycles. The monoisotopic (exact) mass is 130 g/mol. The van der Waals surface area contributed by atoms with Crippen LogP contribution in [-0.4, -0.2) is 0 Å². The summed E-state index contributed by atoms with van der Waals surface area (Å²) in [5.74, 6) is 0. The molecule has 0 aliphatic heterocycles. The van der Waals surface area contributed by atoms with Gasteiger partial charge in [-0.05, 0) is 0 Å². The van der Waals surface area contributed by atoms with Crippen molar-refractivity contribution in [2.24, 2.45) is 0 Å². The van der Waals surface area contributed by atoms with Crippen molar-refractivity contribution in [2.45, 2.75) is 0 Å². The van der Waals surface area contributed by atoms with Gasteiger partial charge in [-0.2, -0.15) is 11.2 Å². The van der Waals surface area contributed by atoms with Crippen LogP contribution in [0.5, 0.6) is 0 Å². The van der Waals surface area contributed by atoms with Crippen LogP contribution in [0.2, 0.25) is 0 Å². The van der Waals surface area contributed by atoms with E-state index in [1.54, 1.807) is 0 Å². The summed E-state index contributed by atoms with van der Waals surface area (Å²) >= 11 is 13.5. The van der Waals surface area contributed by atoms with Crippen molar-refractivity contribution in [3.63, 3.8) is 0 Å². The highest BCUT2D eigenvalue weighted by atomic mass is 35.7. The highest BCUT2D eigenvalue weighted by Crippen LogP contribution is 2.33. The Hall–Kier alpha value is 1.42. The van der Waals surface area contributed by atoms with Gasteiger partial charge < -0.3 is 30.2 Å². The summed E-state index contributed by atoms with van der Waals surface area (Å²) in [6.45, 7) is 0. The number of rotatable bonds is 0. The van der Waals surface area contributed by atoms with Gasteiger partial charge >= 0.3 is 0 Å². The molecule has 0 fully saturated rings. The maximum Gasteiger partial charge on any atom is -0.153 e. The molecule has 0 saturated carbocycles. The lowest BCUT2D eigenvalue weighted by Gasteiger charge is -2.20. The topological polar surface area (TPSA) is 0 Å². The van der Waals surface area contributed by atoms with Crippen molar-refractivity contribution in [1.82, 2.24) is 0 Å². The van der Waals surface area contributed by atoms with E-state index >= 15 is 0 Å². The van der Waals surface area contributed by atoms with Gasteiger partial charge in [0.25, 0.3) is 0 Å². The summed E-state index contributed by atoms with van der Waals surface area (Å²) in [6.07, 6.45) is 0. The second-order valence-electron chi connectivity index (χ2n) is 0.213. The third-order valence-electron chi connectivity index (χ3n) is 0. The van der Waals surface area contributed by atoms with Gasteiger partial charge in [0, 0.05) is 0 Å². The van der Waals surface area contributed by atoms with Gasteiger partial charge in [-0.3, -0.25) is 0 Å². The minimum absolute atomic E-state index is 0.981. The van der Waals surface area contributed by atoms with Crippen LogP contribution >= 0.6 is 16.9 Å². The first-order valence-corrected chi connectivity index (χ1v) is 4.81. The smallest absolute Gasteiger partial charge is 0.153 e. The first kappa shape index (κ1) is 5.42. The lowest BCUT2D eigenvalue weighted by molar-refractivity contribution is 4.96. The van der Waals surface area contributed by atoms with E-state index in [4.69, 9.17) is 11.2 Å². The summed E-state index contributed by atoms with van der Waals surface area (Å²) in [5.41, 5.74) is -0.981. The Labute approximate surface area is 41.8 Å². The van der Waals surface area contributed by atoms with Crippen LogP contribution in [-0.2, 0) is 24.5 Å². The molecule has 0 radical (unpaired) electrons. The summed E-state index contributed by atoms with van der Waals surface area (Å²) in [7, 11) is 0. The Morgan fingerprint density at radius 3 is 1.50 bits per heavy atom. The van der Waals surface area contributed by atoms with Crippen LogP contribution in [0.4, 0.5) is 0 Å². The van der Waals surface area contributed by atoms with Gasteiger partial charge in [0.2, 0.25) is 0 Å². The molecule has 4 heteroatoms. The van der Waals surface area contributed by atoms with Gasteiger partial charge in [0.1, 0.15) is 0 Å². The predicted molar refractivity (Wildman–Crippen MR) is 27.5 cm³/mol. The average molecular weight is 131 g/mol. The van der Waals surface area contributed by atoms with Crippen LogP contribution in [0.3, 0.4) is 0 Å². The van der Waals surface area contributed by atoms with E-state index in [-0.39, 0.29) is 0 Å². The second-order valence-corrected chi connectivity index (χ2v) is 5.74. The van der Waals surface area contributed by atoms with E-state index in [0.29, 0.717) is 0 Å². The number of halogens is 1. The van der Waals surface area contributed by atoms with Crippen LogP contribution in [0.15, 0.2) is 0 Å². The summed E-state index contributed by atoms with van der Waals surface area (Å²) < 4.78 is 0. The van der Waals surface area contributed by atoms with E-state index in [1.165, 1.54) is 0 Å². The SMILES string of the molecule is [S-]P([S-])Cl. The Balaban J connectivity index is 2.32. The molecule has 4 heavy (non-hydrogen) atoms. The maximum atomic E-state index is 4.97. The van der Waals surface area contributed by atoms with E-state index in [1.807, 2.05) is 0 Å². The largest absolute Gasteiger partial charge is 0.768 e. The fourth-order valence-electron chi connectivity index (χ4n) is 0. The fraction of sp³-hybridized carbons (Fsp3) is 0. The minimum atomic E-state index is -0.981. The van der Waals surface area contributed by atoms with Crippen LogP contribution in [0.25, 0.3) is 0 Å². The Morgan fingerprint density at radius 2 is 1.50 bits per heavy atom. The van der Waals surface area contributed by atoms with Crippen molar-refractivity contribution in [2.75, 3.05) is 0 Å². The standard InChI is InChI=1S/ClPS2/c1-2(3)4/q-2. The lowest BCUT2D eigenvalue weighted by Crippen LogP contribution is -1.25. The van der Waals surface area contributed by atoms with Crippen LogP contribution in [0, 0.1) is 0 Å². The average Bonchev–Trinajstić information content (AvgIpc) is 0.811. The van der Waals surface area contributed by atoms with Gasteiger partial charge in [-0.25, -0.2) is 0 Å². The summed E-state index contributed by atoms with van der Waals surface area (Å²) in [5, 5.41) is 0. The number of hydrogen-bond donors (Lipinski definition) is 0. The van der Waals surface area contributed by atoms with Crippen molar-refractivity contribution < 1.29 is 0 Å². The van der Waals surface area contributed by atoms with Crippen LogP contribution in [0.1, 0.15) is 0 Å². The molecule has 0 N–H and O–H groups in total. The predicted octanol–water partition coefficient (Wildman–Crippen LogP) is 1.55. The van der Waals surface area contributed by atoms with Crippen LogP contribution < -0.4 is 0 Å². The van der Waals surface area contributed by atoms with E-state index < -0.39 is 5.68 Å². The molecular weight excluding hydrogens is 131 g/mol. The van der Waals surface area contributed by atoms with Gasteiger partial charge in [-0.15, -0.1) is 0 Å². The summed E-state index contributed by atoms with van der Waals surface area (Å²) in [4.78, 5) is 0. The molecule has 0 heterocycles. The highest BCUT2D eigenvalue weighted by molar-refractivity contribution is 8.73. The minimum Gasteiger partial charge on any atom is -0.768 e. The van der Waals surface area contributed by atoms with Gasteiger partial charge in [0.05, 0.1) is 0 Å². The molecule has 0 unspecified atom stereocenters. The zero-order valence-electron chi connectivity index (χ0n) is 1.64. The molecule has 0 aliphatic carbocycles. The molecule has 0 saturated heterocycles. The maximum absolute atomic E-state index is 4.97. The van der Waals surface area contributed by atoms with Crippen molar-refractivity contribution in [1.29, 1.82) is 0 Å². The quantitative estimate of drug-likeness (QED) is 0.361. The summed E-state index contributed by atoms with van der Waals surface area (Å²) in [6, 6.07) is 0. The molecule has 0 aliphatic rings. The van der Waals surface area contributed by atoms with Gasteiger partial charge in [-0.1, -0.05) is 0 Å². The Bertz CT molecular complexity index is 10.8. The van der Waals surface area contributed by atoms with E-state index in [2.05, 4.69) is 24.5 Å². The third kappa shape index (κ3) is 9.93. The molecule has 0 atom stereocenters. The van der Waals surface area contributed by atoms with E-state index in [9.17, 15) is 0 Å². The zero-order valence-corrected chi connectivity index (χ0v) is 4.93. The molecule has 0 spiro atoms. The van der Waals surface area contributed by atoms with E-state index in [0.717, 1.165) is 0 Å². The molecule has 26 valence electrons. The van der Waals surface area contributed by atoms with Crippen molar-refractivity contribution in [3.05, 3.63) is 0 Å². The third-order valence-corrected chi connectivity index (χ3v) is 0. The Kier molecular flexibility index (Phi) is 3.59. The molecule has 0 bridgehead atoms. The molecule has 0 aromatic rings. The second kappa shape index (κ2) is 2.65. The molecule has 0 amide bonds. The van der Waals surface area contributed by atoms with Gasteiger partial charge in [0.15, 0.2) is 0 Å². The normalized spacial score (nSPS) is 9.00. The highest BCUT2D eigenvalue weighted by Gasteiger charge is 1.32. The molecular formula is ClPS2-2. The molecule has 0 rings (SSSR count). The van der Waals surface area contributed by atoms with Crippen molar-refractivity contribution >= 4 is 41.4 Å². The molecule has 0 nitrogen and oxygen atoms in total. The lowest BCUT2D eigenvalue weighted by atomic mass is 29.9.